The average Bonchev–Trinajstić information content (AvgIpc) is 3.75. The standard InChI is InChI=1S/C26H29N3O3/c1-28-26(32-22-14-12-21(31-2)13-15-22)23(24(27-28)19-6-4-3-5-7-19)17-29(16-18-8-9-18)25(30)20-10-11-20/h3-7,12-15,18,20H,8-11,16-17H2,1-2H3. The van der Waals surface area contributed by atoms with Crippen LogP contribution in [0, 0.1) is 11.8 Å². The molecule has 0 N–H and O–H groups in total. The third-order valence-corrected chi connectivity index (χ3v) is 6.17. The highest BCUT2D eigenvalue weighted by atomic mass is 16.5. The van der Waals surface area contributed by atoms with Crippen LogP contribution in [0.4, 0.5) is 0 Å². The predicted molar refractivity (Wildman–Crippen MR) is 123 cm³/mol. The predicted octanol–water partition coefficient (Wildman–Crippen LogP) is 5.04. The number of methoxy groups -OCH3 is 1. The Labute approximate surface area is 188 Å². The van der Waals surface area contributed by atoms with Gasteiger partial charge in [0.25, 0.3) is 0 Å². The molecule has 0 aliphatic heterocycles. The maximum atomic E-state index is 13.1. The van der Waals surface area contributed by atoms with E-state index in [1.165, 1.54) is 12.8 Å². The molecular formula is C26H29N3O3. The molecule has 1 amide bonds. The second-order valence-corrected chi connectivity index (χ2v) is 8.84. The van der Waals surface area contributed by atoms with Crippen molar-refractivity contribution in [1.82, 2.24) is 14.7 Å². The van der Waals surface area contributed by atoms with Crippen molar-refractivity contribution in [2.75, 3.05) is 13.7 Å². The molecule has 5 rings (SSSR count). The van der Waals surface area contributed by atoms with E-state index < -0.39 is 0 Å². The minimum absolute atomic E-state index is 0.191. The Hall–Kier alpha value is -3.28. The summed E-state index contributed by atoms with van der Waals surface area (Å²) in [6.07, 6.45) is 4.44. The minimum atomic E-state index is 0.191. The van der Waals surface area contributed by atoms with Crippen molar-refractivity contribution in [3.63, 3.8) is 0 Å². The summed E-state index contributed by atoms with van der Waals surface area (Å²) >= 11 is 0. The van der Waals surface area contributed by atoms with E-state index >= 15 is 0 Å². The smallest absolute Gasteiger partial charge is 0.225 e. The van der Waals surface area contributed by atoms with E-state index in [0.29, 0.717) is 24.1 Å². The summed E-state index contributed by atoms with van der Waals surface area (Å²) in [6.45, 7) is 1.33. The highest BCUT2D eigenvalue weighted by molar-refractivity contribution is 5.81. The molecule has 2 saturated carbocycles. The number of hydrogen-bond acceptors (Lipinski definition) is 4. The molecule has 1 heterocycles. The van der Waals surface area contributed by atoms with Gasteiger partial charge in [0.05, 0.1) is 19.2 Å². The molecular weight excluding hydrogens is 402 g/mol. The Morgan fingerprint density at radius 2 is 1.72 bits per heavy atom. The van der Waals surface area contributed by atoms with Gasteiger partial charge in [0.2, 0.25) is 11.8 Å². The van der Waals surface area contributed by atoms with Gasteiger partial charge in [-0.1, -0.05) is 30.3 Å². The Balaban J connectivity index is 1.51. The molecule has 0 radical (unpaired) electrons. The summed E-state index contributed by atoms with van der Waals surface area (Å²) in [5.74, 6) is 3.24. The molecule has 0 bridgehead atoms. The zero-order chi connectivity index (χ0) is 22.1. The van der Waals surface area contributed by atoms with E-state index in [0.717, 1.165) is 42.0 Å². The third kappa shape index (κ3) is 4.49. The minimum Gasteiger partial charge on any atom is -0.497 e. The lowest BCUT2D eigenvalue weighted by atomic mass is 10.1. The first kappa shape index (κ1) is 20.6. The van der Waals surface area contributed by atoms with Crippen LogP contribution in [0.5, 0.6) is 17.4 Å². The normalized spacial score (nSPS) is 15.4. The van der Waals surface area contributed by atoms with Crippen molar-refractivity contribution in [2.24, 2.45) is 18.9 Å². The molecule has 0 spiro atoms. The zero-order valence-electron chi connectivity index (χ0n) is 18.7. The van der Waals surface area contributed by atoms with Crippen LogP contribution in [0.15, 0.2) is 54.6 Å². The van der Waals surface area contributed by atoms with Crippen molar-refractivity contribution in [3.8, 4) is 28.6 Å². The van der Waals surface area contributed by atoms with E-state index in [-0.39, 0.29) is 11.8 Å². The maximum Gasteiger partial charge on any atom is 0.225 e. The van der Waals surface area contributed by atoms with Gasteiger partial charge >= 0.3 is 0 Å². The molecule has 0 unspecified atom stereocenters. The van der Waals surface area contributed by atoms with Crippen molar-refractivity contribution >= 4 is 5.91 Å². The van der Waals surface area contributed by atoms with Gasteiger partial charge in [0.1, 0.15) is 17.2 Å². The maximum absolute atomic E-state index is 13.1. The number of nitrogens with zero attached hydrogens (tertiary/aromatic N) is 3. The lowest BCUT2D eigenvalue weighted by molar-refractivity contribution is -0.133. The number of aryl methyl sites for hydroxylation is 1. The summed E-state index contributed by atoms with van der Waals surface area (Å²) in [5.41, 5.74) is 2.83. The summed E-state index contributed by atoms with van der Waals surface area (Å²) in [6, 6.07) is 17.6. The zero-order valence-corrected chi connectivity index (χ0v) is 18.7. The fourth-order valence-electron chi connectivity index (χ4n) is 4.03. The van der Waals surface area contributed by atoms with Crippen LogP contribution in [0.2, 0.25) is 0 Å². The first-order valence-corrected chi connectivity index (χ1v) is 11.3. The molecule has 6 nitrogen and oxygen atoms in total. The topological polar surface area (TPSA) is 56.6 Å². The van der Waals surface area contributed by atoms with Crippen molar-refractivity contribution in [1.29, 1.82) is 0 Å². The second kappa shape index (κ2) is 8.69. The Morgan fingerprint density at radius 3 is 2.34 bits per heavy atom. The van der Waals surface area contributed by atoms with E-state index in [2.05, 4.69) is 12.1 Å². The quantitative estimate of drug-likeness (QED) is 0.476. The van der Waals surface area contributed by atoms with Crippen LogP contribution >= 0.6 is 0 Å². The SMILES string of the molecule is COc1ccc(Oc2c(CN(CC3CC3)C(=O)C3CC3)c(-c3ccccc3)nn2C)cc1. The molecule has 0 atom stereocenters. The molecule has 2 aliphatic rings. The Morgan fingerprint density at radius 1 is 1.03 bits per heavy atom. The first-order valence-electron chi connectivity index (χ1n) is 11.3. The van der Waals surface area contributed by atoms with Crippen LogP contribution in [-0.4, -0.2) is 34.2 Å². The van der Waals surface area contributed by atoms with Crippen molar-refractivity contribution < 1.29 is 14.3 Å². The number of aromatic nitrogens is 2. The van der Waals surface area contributed by atoms with Crippen LogP contribution in [0.3, 0.4) is 0 Å². The Kier molecular flexibility index (Phi) is 5.60. The third-order valence-electron chi connectivity index (χ3n) is 6.17. The fourth-order valence-corrected chi connectivity index (χ4v) is 4.03. The van der Waals surface area contributed by atoms with E-state index in [1.807, 2.05) is 54.4 Å². The van der Waals surface area contributed by atoms with Crippen LogP contribution in [0.1, 0.15) is 31.2 Å². The van der Waals surface area contributed by atoms with Crippen molar-refractivity contribution in [2.45, 2.75) is 32.2 Å². The van der Waals surface area contributed by atoms with E-state index in [9.17, 15) is 4.79 Å². The average molecular weight is 432 g/mol. The van der Waals surface area contributed by atoms with Gasteiger partial charge < -0.3 is 14.4 Å². The van der Waals surface area contributed by atoms with Crippen LogP contribution in [0.25, 0.3) is 11.3 Å². The van der Waals surface area contributed by atoms with E-state index in [4.69, 9.17) is 14.6 Å². The lowest BCUT2D eigenvalue weighted by Crippen LogP contribution is -2.33. The molecule has 32 heavy (non-hydrogen) atoms. The van der Waals surface area contributed by atoms with Gasteiger partial charge in [-0.15, -0.1) is 0 Å². The number of carbonyl (C=O) groups excluding carboxylic acids is 1. The first-order chi connectivity index (χ1) is 15.6. The van der Waals surface area contributed by atoms with Gasteiger partial charge in [-0.2, -0.15) is 5.10 Å². The summed E-state index contributed by atoms with van der Waals surface area (Å²) in [5, 5.41) is 4.81. The number of amides is 1. The van der Waals surface area contributed by atoms with Gasteiger partial charge in [-0.3, -0.25) is 4.79 Å². The molecule has 6 heteroatoms. The van der Waals surface area contributed by atoms with Gasteiger partial charge in [0, 0.05) is 25.1 Å². The van der Waals surface area contributed by atoms with Crippen molar-refractivity contribution in [3.05, 3.63) is 60.2 Å². The van der Waals surface area contributed by atoms with E-state index in [1.54, 1.807) is 11.8 Å². The van der Waals surface area contributed by atoms with Crippen LogP contribution < -0.4 is 9.47 Å². The molecule has 2 aliphatic carbocycles. The summed E-state index contributed by atoms with van der Waals surface area (Å²) < 4.78 is 13.4. The van der Waals surface area contributed by atoms with Crippen LogP contribution in [-0.2, 0) is 18.4 Å². The molecule has 1 aromatic heterocycles. The highest BCUT2D eigenvalue weighted by Crippen LogP contribution is 2.39. The van der Waals surface area contributed by atoms with Gasteiger partial charge in [-0.05, 0) is 55.9 Å². The summed E-state index contributed by atoms with van der Waals surface area (Å²) in [7, 11) is 3.54. The number of hydrogen-bond donors (Lipinski definition) is 0. The number of carbonyl (C=O) groups is 1. The lowest BCUT2D eigenvalue weighted by Gasteiger charge is -2.23. The number of benzene rings is 2. The summed E-state index contributed by atoms with van der Waals surface area (Å²) in [4.78, 5) is 15.2. The molecule has 0 saturated heterocycles. The second-order valence-electron chi connectivity index (χ2n) is 8.84. The monoisotopic (exact) mass is 431 g/mol. The number of rotatable bonds is 9. The molecule has 2 fully saturated rings. The number of ether oxygens (including phenoxy) is 2. The fraction of sp³-hybridized carbons (Fsp3) is 0.385. The largest absolute Gasteiger partial charge is 0.497 e. The molecule has 3 aromatic rings. The highest BCUT2D eigenvalue weighted by Gasteiger charge is 2.37. The molecule has 166 valence electrons. The van der Waals surface area contributed by atoms with Gasteiger partial charge in [0.15, 0.2) is 0 Å². The Bertz CT molecular complexity index is 1080. The molecule has 2 aromatic carbocycles. The van der Waals surface area contributed by atoms with Gasteiger partial charge in [-0.25, -0.2) is 4.68 Å².